The average molecular weight is 499 g/mol. The molecular weight excluding hydrogens is 472 g/mol. The number of rotatable bonds is 8. The molecule has 0 amide bonds. The van der Waals surface area contributed by atoms with Crippen LogP contribution in [0, 0.1) is 12.8 Å². The Hall–Kier alpha value is -3.22. The Bertz CT molecular complexity index is 1310. The van der Waals surface area contributed by atoms with Crippen LogP contribution in [-0.4, -0.2) is 86.6 Å². The third-order valence-corrected chi connectivity index (χ3v) is 7.26. The minimum Gasteiger partial charge on any atom is -0.477 e. The highest BCUT2D eigenvalue weighted by Gasteiger charge is 2.33. The van der Waals surface area contributed by atoms with Gasteiger partial charge in [-0.1, -0.05) is 0 Å². The van der Waals surface area contributed by atoms with Gasteiger partial charge < -0.3 is 14.7 Å². The molecule has 0 atom stereocenters. The maximum Gasteiger partial charge on any atom is 0.341 e. The predicted octanol–water partition coefficient (Wildman–Crippen LogP) is 1.36. The zero-order chi connectivity index (χ0) is 24.5. The molecule has 3 aromatic rings. The van der Waals surface area contributed by atoms with Gasteiger partial charge in [-0.25, -0.2) is 14.8 Å². The van der Waals surface area contributed by atoms with Crippen molar-refractivity contribution in [3.05, 3.63) is 39.9 Å². The van der Waals surface area contributed by atoms with Crippen molar-refractivity contribution < 1.29 is 19.4 Å². The lowest BCUT2D eigenvalue weighted by Gasteiger charge is -2.39. The van der Waals surface area contributed by atoms with Gasteiger partial charge in [0.05, 0.1) is 24.5 Å². The molecule has 2 aliphatic heterocycles. The second kappa shape index (κ2) is 9.80. The van der Waals surface area contributed by atoms with Crippen molar-refractivity contribution in [3.8, 4) is 5.13 Å². The molecule has 3 aromatic heterocycles. The molecule has 0 aromatic carbocycles. The number of carbonyl (C=O) groups is 2. The standard InChI is InChI=1S/C23H26N6O5S/c1-14-9-18(28-10-15(11-28)17(30)3-2-4-27-5-7-34-8-6-27)26-21-19(14)20(31)16(22(32)33)12-29(21)23-24-13-25-35-23/h9,12-13,15H,2-8,10-11H2,1H3,(H,32,33). The number of aromatic carboxylic acids is 1. The first-order valence-corrected chi connectivity index (χ1v) is 12.3. The van der Waals surface area contributed by atoms with Crippen molar-refractivity contribution in [2.24, 2.45) is 5.92 Å². The second-order valence-electron chi connectivity index (χ2n) is 8.89. The van der Waals surface area contributed by atoms with Crippen LogP contribution in [0.3, 0.4) is 0 Å². The summed E-state index contributed by atoms with van der Waals surface area (Å²) in [5, 5.41) is 10.2. The van der Waals surface area contributed by atoms with E-state index < -0.39 is 11.4 Å². The number of ether oxygens (including phenoxy) is 1. The summed E-state index contributed by atoms with van der Waals surface area (Å²) in [6.07, 6.45) is 4.03. The SMILES string of the molecule is Cc1cc(N2CC(C(=O)CCCN3CCOCC3)C2)nc2c1c(=O)c(C(=O)O)cn2-c1ncns1. The van der Waals surface area contributed by atoms with Crippen molar-refractivity contribution in [3.63, 3.8) is 0 Å². The number of ketones is 1. The largest absolute Gasteiger partial charge is 0.477 e. The molecule has 0 radical (unpaired) electrons. The molecule has 2 saturated heterocycles. The van der Waals surface area contributed by atoms with Gasteiger partial charge in [-0.3, -0.25) is 19.1 Å². The van der Waals surface area contributed by atoms with Gasteiger partial charge in [-0.2, -0.15) is 4.37 Å². The van der Waals surface area contributed by atoms with E-state index in [2.05, 4.69) is 14.3 Å². The molecule has 2 aliphatic rings. The maximum atomic E-state index is 12.9. The van der Waals surface area contributed by atoms with Crippen molar-refractivity contribution in [1.29, 1.82) is 0 Å². The fraction of sp³-hybridized carbons (Fsp3) is 0.478. The number of anilines is 1. The second-order valence-corrected chi connectivity index (χ2v) is 9.65. The average Bonchev–Trinajstić information content (AvgIpc) is 3.33. The van der Waals surface area contributed by atoms with E-state index in [0.717, 1.165) is 50.8 Å². The number of carboxylic acids is 1. The molecule has 0 aliphatic carbocycles. The normalized spacial score (nSPS) is 17.0. The van der Waals surface area contributed by atoms with Crippen molar-refractivity contribution in [1.82, 2.24) is 23.8 Å². The van der Waals surface area contributed by atoms with Gasteiger partial charge in [0, 0.05) is 50.3 Å². The van der Waals surface area contributed by atoms with Crippen molar-refractivity contribution in [2.45, 2.75) is 19.8 Å². The molecule has 12 heteroatoms. The molecule has 1 N–H and O–H groups in total. The number of nitrogens with zero attached hydrogens (tertiary/aromatic N) is 6. The van der Waals surface area contributed by atoms with E-state index in [1.54, 1.807) is 13.0 Å². The van der Waals surface area contributed by atoms with Crippen LogP contribution in [0.5, 0.6) is 0 Å². The fourth-order valence-corrected chi connectivity index (χ4v) is 5.10. The highest BCUT2D eigenvalue weighted by molar-refractivity contribution is 7.08. The van der Waals surface area contributed by atoms with Crippen LogP contribution in [0.4, 0.5) is 5.82 Å². The van der Waals surface area contributed by atoms with E-state index in [9.17, 15) is 19.5 Å². The maximum absolute atomic E-state index is 12.9. The summed E-state index contributed by atoms with van der Waals surface area (Å²) < 4.78 is 10.9. The summed E-state index contributed by atoms with van der Waals surface area (Å²) >= 11 is 1.08. The molecule has 5 heterocycles. The van der Waals surface area contributed by atoms with Gasteiger partial charge >= 0.3 is 5.97 Å². The topological polar surface area (TPSA) is 131 Å². The van der Waals surface area contributed by atoms with Gasteiger partial charge in [0.1, 0.15) is 23.5 Å². The molecular formula is C23H26N6O5S. The number of morpholine rings is 1. The monoisotopic (exact) mass is 498 g/mol. The predicted molar refractivity (Wildman–Crippen MR) is 130 cm³/mol. The van der Waals surface area contributed by atoms with E-state index >= 15 is 0 Å². The summed E-state index contributed by atoms with van der Waals surface area (Å²) in [4.78, 5) is 50.5. The third-order valence-electron chi connectivity index (χ3n) is 6.59. The van der Waals surface area contributed by atoms with Gasteiger partial charge in [0.2, 0.25) is 10.6 Å². The summed E-state index contributed by atoms with van der Waals surface area (Å²) in [5.41, 5.74) is 0.0162. The minimum atomic E-state index is -1.31. The number of hydrogen-bond acceptors (Lipinski definition) is 10. The van der Waals surface area contributed by atoms with Crippen LogP contribution in [0.25, 0.3) is 16.2 Å². The number of hydrogen-bond donors (Lipinski definition) is 1. The van der Waals surface area contributed by atoms with Crippen LogP contribution >= 0.6 is 11.5 Å². The van der Waals surface area contributed by atoms with Gasteiger partial charge in [-0.05, 0) is 31.5 Å². The van der Waals surface area contributed by atoms with E-state index in [1.807, 2.05) is 4.90 Å². The molecule has 0 bridgehead atoms. The first kappa shape index (κ1) is 23.5. The smallest absolute Gasteiger partial charge is 0.341 e. The fourth-order valence-electron chi connectivity index (χ4n) is 4.59. The summed E-state index contributed by atoms with van der Waals surface area (Å²) in [7, 11) is 0. The first-order chi connectivity index (χ1) is 16.9. The first-order valence-electron chi connectivity index (χ1n) is 11.6. The van der Waals surface area contributed by atoms with Crippen LogP contribution in [0.1, 0.15) is 28.8 Å². The van der Waals surface area contributed by atoms with Gasteiger partial charge in [0.25, 0.3) is 0 Å². The number of aromatic nitrogens is 4. The number of aryl methyl sites for hydroxylation is 1. The Kier molecular flexibility index (Phi) is 6.58. The lowest BCUT2D eigenvalue weighted by atomic mass is 9.92. The number of carboxylic acid groups (broad SMARTS) is 1. The van der Waals surface area contributed by atoms with Gasteiger partial charge in [-0.15, -0.1) is 0 Å². The van der Waals surface area contributed by atoms with E-state index in [0.29, 0.717) is 41.7 Å². The van der Waals surface area contributed by atoms with Gasteiger partial charge in [0.15, 0.2) is 5.65 Å². The third kappa shape index (κ3) is 4.68. The zero-order valence-corrected chi connectivity index (χ0v) is 20.2. The Balaban J connectivity index is 1.33. The highest BCUT2D eigenvalue weighted by atomic mass is 32.1. The zero-order valence-electron chi connectivity index (χ0n) is 19.3. The Morgan fingerprint density at radius 3 is 2.71 bits per heavy atom. The highest BCUT2D eigenvalue weighted by Crippen LogP contribution is 2.29. The molecule has 35 heavy (non-hydrogen) atoms. The molecule has 2 fully saturated rings. The number of Topliss-reactive ketones (excluding diaryl/α,β-unsaturated/α-hetero) is 1. The van der Waals surface area contributed by atoms with Crippen molar-refractivity contribution >= 4 is 40.1 Å². The number of carbonyl (C=O) groups excluding carboxylic acids is 1. The Labute approximate surface area is 205 Å². The van der Waals surface area contributed by atoms with Crippen LogP contribution in [0.2, 0.25) is 0 Å². The Morgan fingerprint density at radius 1 is 1.26 bits per heavy atom. The quantitative estimate of drug-likeness (QED) is 0.486. The summed E-state index contributed by atoms with van der Waals surface area (Å²) in [6.45, 7) is 7.19. The Morgan fingerprint density at radius 2 is 2.03 bits per heavy atom. The van der Waals surface area contributed by atoms with E-state index in [4.69, 9.17) is 9.72 Å². The summed E-state index contributed by atoms with van der Waals surface area (Å²) in [6, 6.07) is 1.78. The minimum absolute atomic E-state index is 0.0303. The van der Waals surface area contributed by atoms with Crippen LogP contribution in [0.15, 0.2) is 23.4 Å². The van der Waals surface area contributed by atoms with Crippen LogP contribution < -0.4 is 10.3 Å². The summed E-state index contributed by atoms with van der Waals surface area (Å²) in [5.74, 6) is -0.425. The number of pyridine rings is 2. The molecule has 0 spiro atoms. The molecule has 0 unspecified atom stereocenters. The molecule has 0 saturated carbocycles. The van der Waals surface area contributed by atoms with Crippen LogP contribution in [-0.2, 0) is 9.53 Å². The lowest BCUT2D eigenvalue weighted by molar-refractivity contribution is -0.123. The molecule has 11 nitrogen and oxygen atoms in total. The molecule has 5 rings (SSSR count). The van der Waals surface area contributed by atoms with E-state index in [-0.39, 0.29) is 22.7 Å². The molecule has 184 valence electrons. The van der Waals surface area contributed by atoms with E-state index in [1.165, 1.54) is 17.1 Å². The van der Waals surface area contributed by atoms with Crippen molar-refractivity contribution in [2.75, 3.05) is 50.8 Å². The number of fused-ring (bicyclic) bond motifs is 1. The lowest BCUT2D eigenvalue weighted by Crippen LogP contribution is -2.51.